The van der Waals surface area contributed by atoms with E-state index in [0.717, 1.165) is 34.8 Å². The monoisotopic (exact) mass is 462 g/mol. The average Bonchev–Trinajstić information content (AvgIpc) is 3.22. The second-order valence-electron chi connectivity index (χ2n) is 7.52. The summed E-state index contributed by atoms with van der Waals surface area (Å²) in [5, 5.41) is 24.8. The van der Waals surface area contributed by atoms with Gasteiger partial charge >= 0.3 is 5.69 Å². The van der Waals surface area contributed by atoms with E-state index in [1.54, 1.807) is 19.1 Å². The van der Waals surface area contributed by atoms with Gasteiger partial charge in [-0.3, -0.25) is 25.0 Å². The lowest BCUT2D eigenvalue weighted by Crippen LogP contribution is -2.21. The number of amides is 1. The van der Waals surface area contributed by atoms with Gasteiger partial charge in [0.2, 0.25) is 5.89 Å². The first-order valence-corrected chi connectivity index (χ1v) is 10.0. The fourth-order valence-electron chi connectivity index (χ4n) is 3.26. The van der Waals surface area contributed by atoms with E-state index >= 15 is 0 Å². The zero-order valence-corrected chi connectivity index (χ0v) is 18.1. The van der Waals surface area contributed by atoms with E-state index in [9.17, 15) is 25.0 Å². The molecule has 11 nitrogen and oxygen atoms in total. The quantitative estimate of drug-likeness (QED) is 0.299. The molecule has 3 aromatic carbocycles. The number of anilines is 1. The van der Waals surface area contributed by atoms with E-state index in [1.807, 2.05) is 31.2 Å². The number of nitrogens with one attached hydrogen (secondary N) is 1. The Labute approximate surface area is 192 Å². The van der Waals surface area contributed by atoms with E-state index < -0.39 is 33.7 Å². The van der Waals surface area contributed by atoms with Gasteiger partial charge in [-0.25, -0.2) is 4.98 Å². The number of aromatic nitrogens is 1. The van der Waals surface area contributed by atoms with E-state index in [1.165, 1.54) is 0 Å². The number of carbonyl (C=O) groups excluding carboxylic acids is 1. The Morgan fingerprint density at radius 2 is 1.82 bits per heavy atom. The molecule has 0 unspecified atom stereocenters. The number of fused-ring (bicyclic) bond motifs is 1. The number of carbonyl (C=O) groups is 1. The minimum atomic E-state index is -0.810. The summed E-state index contributed by atoms with van der Waals surface area (Å²) >= 11 is 0. The fraction of sp³-hybridized carbons (Fsp3) is 0.130. The first kappa shape index (κ1) is 22.4. The van der Waals surface area contributed by atoms with Gasteiger partial charge in [0.1, 0.15) is 5.52 Å². The number of aryl methyl sites for hydroxylation is 2. The zero-order chi connectivity index (χ0) is 24.4. The molecule has 0 spiro atoms. The average molecular weight is 462 g/mol. The fourth-order valence-corrected chi connectivity index (χ4v) is 3.26. The molecule has 34 heavy (non-hydrogen) atoms. The number of nitrogens with zero attached hydrogens (tertiary/aromatic N) is 3. The van der Waals surface area contributed by atoms with Gasteiger partial charge in [-0.05, 0) is 55.3 Å². The highest BCUT2D eigenvalue weighted by molar-refractivity contribution is 5.93. The number of benzene rings is 3. The summed E-state index contributed by atoms with van der Waals surface area (Å²) in [7, 11) is 0. The third-order valence-corrected chi connectivity index (χ3v) is 5.01. The van der Waals surface area contributed by atoms with Crippen LogP contribution < -0.4 is 10.1 Å². The van der Waals surface area contributed by atoms with Crippen molar-refractivity contribution < 1.29 is 23.8 Å². The lowest BCUT2D eigenvalue weighted by atomic mass is 10.1. The molecule has 0 saturated heterocycles. The maximum atomic E-state index is 12.5. The van der Waals surface area contributed by atoms with Gasteiger partial charge in [-0.1, -0.05) is 12.1 Å². The predicted molar refractivity (Wildman–Crippen MR) is 123 cm³/mol. The first-order chi connectivity index (χ1) is 16.2. The highest BCUT2D eigenvalue weighted by Crippen LogP contribution is 2.31. The van der Waals surface area contributed by atoms with Crippen LogP contribution in [0, 0.1) is 34.1 Å². The molecule has 0 aliphatic rings. The summed E-state index contributed by atoms with van der Waals surface area (Å²) in [6, 6.07) is 13.9. The molecular formula is C23H18N4O7. The number of hydrogen-bond acceptors (Lipinski definition) is 8. The van der Waals surface area contributed by atoms with E-state index in [-0.39, 0.29) is 5.75 Å². The van der Waals surface area contributed by atoms with Crippen LogP contribution in [-0.4, -0.2) is 27.3 Å². The van der Waals surface area contributed by atoms with Crippen LogP contribution in [0.15, 0.2) is 59.0 Å². The third-order valence-electron chi connectivity index (χ3n) is 5.01. The van der Waals surface area contributed by atoms with Crippen LogP contribution >= 0.6 is 0 Å². The number of ether oxygens (including phenoxy) is 1. The molecule has 0 aliphatic carbocycles. The summed E-state index contributed by atoms with van der Waals surface area (Å²) in [6.45, 7) is 3.22. The Balaban J connectivity index is 1.50. The maximum absolute atomic E-state index is 12.5. The minimum absolute atomic E-state index is 0.252. The lowest BCUT2D eigenvalue weighted by molar-refractivity contribution is -0.394. The molecule has 0 saturated carbocycles. The summed E-state index contributed by atoms with van der Waals surface area (Å²) < 4.78 is 11.1. The molecule has 0 fully saturated rings. The largest absolute Gasteiger partial charge is 0.477 e. The van der Waals surface area contributed by atoms with E-state index in [0.29, 0.717) is 22.7 Å². The number of oxazole rings is 1. The smallest absolute Gasteiger partial charge is 0.317 e. The van der Waals surface area contributed by atoms with Gasteiger partial charge in [-0.2, -0.15) is 0 Å². The van der Waals surface area contributed by atoms with E-state index in [2.05, 4.69) is 10.3 Å². The lowest BCUT2D eigenvalue weighted by Gasteiger charge is -2.11. The Kier molecular flexibility index (Phi) is 5.92. The molecule has 1 N–H and O–H groups in total. The Hall–Kier alpha value is -4.80. The maximum Gasteiger partial charge on any atom is 0.317 e. The zero-order valence-electron chi connectivity index (χ0n) is 18.1. The summed E-state index contributed by atoms with van der Waals surface area (Å²) in [5.41, 5.74) is 3.27. The molecule has 4 rings (SSSR count). The normalized spacial score (nSPS) is 10.8. The summed E-state index contributed by atoms with van der Waals surface area (Å²) in [5.74, 6) is -0.423. The molecule has 0 aliphatic heterocycles. The molecule has 11 heteroatoms. The standard InChI is InChI=1S/C23H18N4O7/c1-13-3-7-20-18(9-13)25-23(34-20)15-5-4-14(2)17(10-15)24-22(28)12-33-21-8-6-16(26(29)30)11-19(21)27(31)32/h3-11H,12H2,1-2H3,(H,24,28). The minimum Gasteiger partial charge on any atom is -0.477 e. The second-order valence-corrected chi connectivity index (χ2v) is 7.52. The summed E-state index contributed by atoms with van der Waals surface area (Å²) in [4.78, 5) is 37.5. The van der Waals surface area contributed by atoms with Crippen LogP contribution in [0.25, 0.3) is 22.6 Å². The van der Waals surface area contributed by atoms with Crippen molar-refractivity contribution in [3.8, 4) is 17.2 Å². The SMILES string of the molecule is Cc1ccc2oc(-c3ccc(C)c(NC(=O)COc4ccc([N+](=O)[O-])cc4[N+](=O)[O-])c3)nc2c1. The Bertz CT molecular complexity index is 1440. The van der Waals surface area contributed by atoms with Crippen LogP contribution in [-0.2, 0) is 4.79 Å². The second kappa shape index (κ2) is 8.98. The van der Waals surface area contributed by atoms with Crippen molar-refractivity contribution in [3.05, 3.63) is 86.0 Å². The molecule has 1 heterocycles. The van der Waals surface area contributed by atoms with Crippen molar-refractivity contribution in [1.29, 1.82) is 0 Å². The molecule has 4 aromatic rings. The van der Waals surface area contributed by atoms with Crippen molar-refractivity contribution in [2.45, 2.75) is 13.8 Å². The summed E-state index contributed by atoms with van der Waals surface area (Å²) in [6.07, 6.45) is 0. The van der Waals surface area contributed by atoms with Crippen molar-refractivity contribution in [1.82, 2.24) is 4.98 Å². The van der Waals surface area contributed by atoms with Gasteiger partial charge < -0.3 is 14.5 Å². The van der Waals surface area contributed by atoms with Crippen molar-refractivity contribution in [2.24, 2.45) is 0 Å². The van der Waals surface area contributed by atoms with Gasteiger partial charge in [0.25, 0.3) is 11.6 Å². The van der Waals surface area contributed by atoms with Crippen LogP contribution in [0.2, 0.25) is 0 Å². The number of nitro groups is 2. The molecular weight excluding hydrogens is 444 g/mol. The number of non-ortho nitro benzene ring substituents is 1. The molecule has 0 radical (unpaired) electrons. The molecule has 172 valence electrons. The van der Waals surface area contributed by atoms with Crippen LogP contribution in [0.5, 0.6) is 5.75 Å². The van der Waals surface area contributed by atoms with Crippen molar-refractivity contribution >= 4 is 34.1 Å². The molecule has 0 atom stereocenters. The van der Waals surface area contributed by atoms with Crippen molar-refractivity contribution in [2.75, 3.05) is 11.9 Å². The van der Waals surface area contributed by atoms with Crippen LogP contribution in [0.1, 0.15) is 11.1 Å². The number of nitro benzene ring substituents is 2. The van der Waals surface area contributed by atoms with Crippen molar-refractivity contribution in [3.63, 3.8) is 0 Å². The van der Waals surface area contributed by atoms with Gasteiger partial charge in [-0.15, -0.1) is 0 Å². The molecule has 1 amide bonds. The molecule has 1 aromatic heterocycles. The highest BCUT2D eigenvalue weighted by Gasteiger charge is 2.21. The molecule has 0 bridgehead atoms. The Morgan fingerprint density at radius 3 is 2.56 bits per heavy atom. The predicted octanol–water partition coefficient (Wildman–Crippen LogP) is 4.95. The number of rotatable bonds is 7. The highest BCUT2D eigenvalue weighted by atomic mass is 16.6. The van der Waals surface area contributed by atoms with Crippen LogP contribution in [0.3, 0.4) is 0 Å². The van der Waals surface area contributed by atoms with Crippen LogP contribution in [0.4, 0.5) is 17.1 Å². The van der Waals surface area contributed by atoms with Gasteiger partial charge in [0, 0.05) is 17.3 Å². The van der Waals surface area contributed by atoms with Gasteiger partial charge in [0.05, 0.1) is 15.9 Å². The topological polar surface area (TPSA) is 151 Å². The van der Waals surface area contributed by atoms with Gasteiger partial charge in [0.15, 0.2) is 17.9 Å². The Morgan fingerprint density at radius 1 is 1.03 bits per heavy atom. The number of hydrogen-bond donors (Lipinski definition) is 1. The third kappa shape index (κ3) is 4.67. The van der Waals surface area contributed by atoms with E-state index in [4.69, 9.17) is 9.15 Å². The first-order valence-electron chi connectivity index (χ1n) is 10.0.